The van der Waals surface area contributed by atoms with Crippen LogP contribution in [0.5, 0.6) is 11.5 Å². The quantitative estimate of drug-likeness (QED) is 0.228. The van der Waals surface area contributed by atoms with Crippen LogP contribution in [0.4, 0.5) is 11.4 Å². The fraction of sp³-hybridized carbons (Fsp3) is 0.0625. The second-order valence-electron chi connectivity index (χ2n) is 8.51. The number of hydrogen-bond donors (Lipinski definition) is 2. The number of pyridine rings is 1. The van der Waals surface area contributed by atoms with Gasteiger partial charge < -0.3 is 15.4 Å². The highest BCUT2D eigenvalue weighted by molar-refractivity contribution is 6.08. The summed E-state index contributed by atoms with van der Waals surface area (Å²) < 4.78 is 5.89. The second kappa shape index (κ2) is 11.7. The molecular weight excluding hydrogens is 458 g/mol. The molecule has 0 fully saturated rings. The van der Waals surface area contributed by atoms with E-state index in [1.165, 1.54) is 0 Å². The van der Waals surface area contributed by atoms with Gasteiger partial charge in [0.2, 0.25) is 0 Å². The minimum absolute atomic E-state index is 0.156. The van der Waals surface area contributed by atoms with Gasteiger partial charge in [0.05, 0.1) is 0 Å². The van der Waals surface area contributed by atoms with Gasteiger partial charge in [-0.2, -0.15) is 0 Å². The molecule has 1 amide bonds. The van der Waals surface area contributed by atoms with Crippen molar-refractivity contribution in [2.45, 2.75) is 6.42 Å². The summed E-state index contributed by atoms with van der Waals surface area (Å²) in [5.41, 5.74) is 5.19. The predicted octanol–water partition coefficient (Wildman–Crippen LogP) is 7.45. The summed E-state index contributed by atoms with van der Waals surface area (Å²) in [5, 5.41) is 6.41. The topological polar surface area (TPSA) is 63.2 Å². The van der Waals surface area contributed by atoms with Crippen LogP contribution in [0.15, 0.2) is 128 Å². The lowest BCUT2D eigenvalue weighted by atomic mass is 9.99. The first-order valence-corrected chi connectivity index (χ1v) is 12.2. The van der Waals surface area contributed by atoms with E-state index in [1.54, 1.807) is 6.20 Å². The molecule has 1 heterocycles. The van der Waals surface area contributed by atoms with Crippen molar-refractivity contribution in [3.63, 3.8) is 0 Å². The smallest absolute Gasteiger partial charge is 0.256 e. The average molecular weight is 486 g/mol. The molecule has 0 aliphatic heterocycles. The van der Waals surface area contributed by atoms with Crippen molar-refractivity contribution in [2.24, 2.45) is 0 Å². The van der Waals surface area contributed by atoms with Gasteiger partial charge in [-0.15, -0.1) is 0 Å². The molecule has 5 rings (SSSR count). The Morgan fingerprint density at radius 1 is 0.676 bits per heavy atom. The lowest BCUT2D eigenvalue weighted by molar-refractivity contribution is 0.102. The average Bonchev–Trinajstić information content (AvgIpc) is 2.95. The summed E-state index contributed by atoms with van der Waals surface area (Å²) in [7, 11) is 0. The second-order valence-corrected chi connectivity index (χ2v) is 8.51. The molecule has 0 saturated carbocycles. The first kappa shape index (κ1) is 23.8. The molecule has 5 nitrogen and oxygen atoms in total. The summed E-state index contributed by atoms with van der Waals surface area (Å²) >= 11 is 0. The number of nitrogens with zero attached hydrogens (tertiary/aromatic N) is 1. The van der Waals surface area contributed by atoms with Gasteiger partial charge in [0.25, 0.3) is 5.91 Å². The van der Waals surface area contributed by atoms with E-state index >= 15 is 0 Å². The van der Waals surface area contributed by atoms with E-state index in [4.69, 9.17) is 4.74 Å². The van der Waals surface area contributed by atoms with Crippen LogP contribution in [0.3, 0.4) is 0 Å². The summed E-state index contributed by atoms with van der Waals surface area (Å²) in [6.07, 6.45) is 2.65. The highest BCUT2D eigenvalue weighted by Gasteiger charge is 2.13. The summed E-state index contributed by atoms with van der Waals surface area (Å²) in [5.74, 6) is 1.37. The third-order valence-corrected chi connectivity index (χ3v) is 5.90. The molecule has 182 valence electrons. The zero-order valence-electron chi connectivity index (χ0n) is 20.3. The number of amides is 1. The lowest BCUT2D eigenvalue weighted by Gasteiger charge is -2.12. The Bertz CT molecular complexity index is 1440. The first-order chi connectivity index (χ1) is 18.2. The molecule has 0 radical (unpaired) electrons. The molecule has 1 aromatic heterocycles. The van der Waals surface area contributed by atoms with Gasteiger partial charge in [-0.3, -0.25) is 9.78 Å². The molecule has 4 aromatic carbocycles. The summed E-state index contributed by atoms with van der Waals surface area (Å²) in [4.78, 5) is 17.5. The molecule has 0 bridgehead atoms. The van der Waals surface area contributed by atoms with Gasteiger partial charge in [0.15, 0.2) is 0 Å². The molecule has 0 aliphatic rings. The van der Waals surface area contributed by atoms with Crippen LogP contribution < -0.4 is 15.4 Å². The van der Waals surface area contributed by atoms with Crippen molar-refractivity contribution >= 4 is 17.3 Å². The zero-order chi connectivity index (χ0) is 25.3. The number of nitrogens with one attached hydrogen (secondary N) is 2. The van der Waals surface area contributed by atoms with Gasteiger partial charge in [-0.25, -0.2) is 0 Å². The van der Waals surface area contributed by atoms with E-state index in [0.29, 0.717) is 5.56 Å². The van der Waals surface area contributed by atoms with Gasteiger partial charge in [-0.1, -0.05) is 54.6 Å². The Labute approximate surface area is 216 Å². The van der Waals surface area contributed by atoms with Gasteiger partial charge in [-0.05, 0) is 77.9 Å². The number of hydrogen-bond acceptors (Lipinski definition) is 4. The Morgan fingerprint density at radius 2 is 1.35 bits per heavy atom. The molecule has 0 spiro atoms. The van der Waals surface area contributed by atoms with Crippen molar-refractivity contribution in [1.82, 2.24) is 4.98 Å². The summed E-state index contributed by atoms with van der Waals surface area (Å²) in [6.45, 7) is 0.783. The molecular formula is C32H27N3O2. The van der Waals surface area contributed by atoms with E-state index < -0.39 is 0 Å². The van der Waals surface area contributed by atoms with E-state index in [-0.39, 0.29) is 5.91 Å². The maximum atomic E-state index is 13.2. The SMILES string of the molecule is O=C(Nc1ccc(NCCc2ccccn2)cc1)c1ccccc1-c1ccc(Oc2ccccc2)cc1. The zero-order valence-corrected chi connectivity index (χ0v) is 20.3. The van der Waals surface area contributed by atoms with Gasteiger partial charge >= 0.3 is 0 Å². The monoisotopic (exact) mass is 485 g/mol. The van der Waals surface area contributed by atoms with Crippen LogP contribution in [-0.4, -0.2) is 17.4 Å². The maximum Gasteiger partial charge on any atom is 0.256 e. The van der Waals surface area contributed by atoms with Crippen LogP contribution in [0.1, 0.15) is 16.1 Å². The Balaban J connectivity index is 1.22. The van der Waals surface area contributed by atoms with Crippen LogP contribution in [0, 0.1) is 0 Å². The first-order valence-electron chi connectivity index (χ1n) is 12.2. The van der Waals surface area contributed by atoms with Crippen molar-refractivity contribution < 1.29 is 9.53 Å². The third-order valence-electron chi connectivity index (χ3n) is 5.90. The minimum atomic E-state index is -0.156. The Morgan fingerprint density at radius 3 is 2.11 bits per heavy atom. The Hall–Kier alpha value is -4.90. The number of anilines is 2. The number of carbonyl (C=O) groups is 1. The van der Waals surface area contributed by atoms with E-state index in [2.05, 4.69) is 15.6 Å². The number of rotatable bonds is 9. The van der Waals surface area contributed by atoms with E-state index in [9.17, 15) is 4.79 Å². The van der Waals surface area contributed by atoms with Crippen molar-refractivity contribution in [3.8, 4) is 22.6 Å². The highest BCUT2D eigenvalue weighted by Crippen LogP contribution is 2.28. The maximum absolute atomic E-state index is 13.2. The number of ether oxygens (including phenoxy) is 1. The van der Waals surface area contributed by atoms with Crippen molar-refractivity contribution in [3.05, 3.63) is 139 Å². The highest BCUT2D eigenvalue weighted by atomic mass is 16.5. The molecule has 0 atom stereocenters. The summed E-state index contributed by atoms with van der Waals surface area (Å²) in [6, 6.07) is 38.7. The molecule has 37 heavy (non-hydrogen) atoms. The minimum Gasteiger partial charge on any atom is -0.457 e. The largest absolute Gasteiger partial charge is 0.457 e. The molecule has 5 heteroatoms. The van der Waals surface area contributed by atoms with Crippen molar-refractivity contribution in [1.29, 1.82) is 0 Å². The van der Waals surface area contributed by atoms with Crippen LogP contribution in [-0.2, 0) is 6.42 Å². The fourth-order valence-corrected chi connectivity index (χ4v) is 4.01. The standard InChI is InChI=1S/C32H27N3O2/c36-32(35-27-17-15-26(16-18-27)34-23-21-25-8-6-7-22-33-25)31-12-5-4-11-30(31)24-13-19-29(20-14-24)37-28-9-2-1-3-10-28/h1-20,22,34H,21,23H2,(H,35,36). The Kier molecular flexibility index (Phi) is 7.53. The number of aromatic nitrogens is 1. The lowest BCUT2D eigenvalue weighted by Crippen LogP contribution is -2.13. The van der Waals surface area contributed by atoms with Gasteiger partial charge in [0.1, 0.15) is 11.5 Å². The predicted molar refractivity (Wildman–Crippen MR) is 149 cm³/mol. The third kappa shape index (κ3) is 6.41. The molecule has 2 N–H and O–H groups in total. The molecule has 5 aromatic rings. The molecule has 0 aliphatic carbocycles. The molecule has 0 unspecified atom stereocenters. The van der Waals surface area contributed by atoms with Crippen molar-refractivity contribution in [2.75, 3.05) is 17.2 Å². The van der Waals surface area contributed by atoms with Gasteiger partial charge in [0, 0.05) is 41.8 Å². The van der Waals surface area contributed by atoms with Crippen LogP contribution in [0.25, 0.3) is 11.1 Å². The number of carbonyl (C=O) groups excluding carboxylic acids is 1. The molecule has 0 saturated heterocycles. The fourth-order valence-electron chi connectivity index (χ4n) is 4.01. The van der Waals surface area contributed by atoms with E-state index in [1.807, 2.05) is 121 Å². The normalized spacial score (nSPS) is 10.5. The van der Waals surface area contributed by atoms with E-state index in [0.717, 1.165) is 52.7 Å². The number of benzene rings is 4. The van der Waals surface area contributed by atoms with Crippen LogP contribution in [0.2, 0.25) is 0 Å². The number of para-hydroxylation sites is 1. The van der Waals surface area contributed by atoms with Crippen LogP contribution >= 0.6 is 0 Å².